The van der Waals surface area contributed by atoms with Crippen molar-refractivity contribution in [2.45, 2.75) is 19.9 Å². The number of nitrogens with one attached hydrogen (secondary N) is 1. The number of aromatic nitrogens is 6. The summed E-state index contributed by atoms with van der Waals surface area (Å²) in [6, 6.07) is 15.5. The smallest absolute Gasteiger partial charge is 0.267 e. The molecule has 0 bridgehead atoms. The summed E-state index contributed by atoms with van der Waals surface area (Å²) in [5.41, 5.74) is 10.3. The van der Waals surface area contributed by atoms with E-state index < -0.39 is 11.9 Å². The van der Waals surface area contributed by atoms with E-state index in [0.29, 0.717) is 39.3 Å². The van der Waals surface area contributed by atoms with Crippen LogP contribution in [0.15, 0.2) is 77.3 Å². The molecular formula is C29H22N8O2S. The molecule has 0 aliphatic rings. The monoisotopic (exact) mass is 546 g/mol. The molecule has 0 saturated carbocycles. The van der Waals surface area contributed by atoms with Crippen LogP contribution in [-0.2, 0) is 0 Å². The number of amides is 1. The Kier molecular flexibility index (Phi) is 6.30. The van der Waals surface area contributed by atoms with Crippen LogP contribution in [0.25, 0.3) is 22.2 Å². The number of nitrogens with two attached hydrogens (primary N) is 1. The van der Waals surface area contributed by atoms with Crippen molar-refractivity contribution in [1.29, 1.82) is 0 Å². The molecule has 6 aromatic rings. The van der Waals surface area contributed by atoms with Crippen molar-refractivity contribution in [2.75, 3.05) is 5.73 Å². The molecule has 3 N–H and O–H groups in total. The van der Waals surface area contributed by atoms with Crippen LogP contribution in [0, 0.1) is 18.8 Å². The summed E-state index contributed by atoms with van der Waals surface area (Å²) in [5, 5.41) is 7.48. The van der Waals surface area contributed by atoms with Crippen LogP contribution >= 0.6 is 11.3 Å². The minimum absolute atomic E-state index is 0.0499. The number of carbonyl (C=O) groups is 1. The van der Waals surface area contributed by atoms with Gasteiger partial charge in [-0.1, -0.05) is 30.2 Å². The Morgan fingerprint density at radius 3 is 2.67 bits per heavy atom. The van der Waals surface area contributed by atoms with Crippen LogP contribution < -0.4 is 16.6 Å². The van der Waals surface area contributed by atoms with Gasteiger partial charge in [-0.2, -0.15) is 0 Å². The van der Waals surface area contributed by atoms with Gasteiger partial charge in [-0.05, 0) is 50.1 Å². The summed E-state index contributed by atoms with van der Waals surface area (Å²) >= 11 is 1.51. The zero-order valence-electron chi connectivity index (χ0n) is 21.5. The van der Waals surface area contributed by atoms with Gasteiger partial charge in [0, 0.05) is 22.8 Å². The van der Waals surface area contributed by atoms with E-state index in [4.69, 9.17) is 10.7 Å². The Morgan fingerprint density at radius 2 is 1.90 bits per heavy atom. The van der Waals surface area contributed by atoms with E-state index in [0.717, 1.165) is 4.88 Å². The fourth-order valence-corrected chi connectivity index (χ4v) is 5.01. The van der Waals surface area contributed by atoms with E-state index in [9.17, 15) is 9.59 Å². The maximum absolute atomic E-state index is 14.1. The van der Waals surface area contributed by atoms with Gasteiger partial charge in [0.15, 0.2) is 11.5 Å². The molecule has 0 aliphatic heterocycles. The molecule has 1 unspecified atom stereocenters. The van der Waals surface area contributed by atoms with Gasteiger partial charge in [0.25, 0.3) is 11.5 Å². The standard InChI is InChI=1S/C29H22N8O2S/c1-17(33-28(38)24-25(30)35-36-15-7-14-31-27(24)36)26-34-22-11-6-8-19(12-13-21-18(2)40-16-32-21)23(22)29(39)37(26)20-9-4-3-5-10-20/h3-11,14-17H,1-2H3,(H2,30,35)(H,33,38). The molecule has 1 atom stereocenters. The number of thiazole rings is 1. The molecule has 4 aromatic heterocycles. The van der Waals surface area contributed by atoms with Crippen LogP contribution in [0.3, 0.4) is 0 Å². The molecule has 0 fully saturated rings. The number of benzene rings is 2. The predicted octanol–water partition coefficient (Wildman–Crippen LogP) is 3.67. The van der Waals surface area contributed by atoms with Crippen LogP contribution in [0.5, 0.6) is 0 Å². The summed E-state index contributed by atoms with van der Waals surface area (Å²) in [4.78, 5) is 41.9. The third-order valence-corrected chi connectivity index (χ3v) is 7.14. The third-order valence-electron chi connectivity index (χ3n) is 6.38. The number of anilines is 1. The topological polar surface area (TPSA) is 133 Å². The molecule has 0 saturated heterocycles. The number of nitrogens with zero attached hydrogens (tertiary/aromatic N) is 6. The highest BCUT2D eigenvalue weighted by atomic mass is 32.1. The lowest BCUT2D eigenvalue weighted by Gasteiger charge is -2.20. The van der Waals surface area contributed by atoms with Crippen LogP contribution in [0.4, 0.5) is 5.82 Å². The quantitative estimate of drug-likeness (QED) is 0.322. The molecule has 11 heteroatoms. The van der Waals surface area contributed by atoms with Gasteiger partial charge in [0.2, 0.25) is 0 Å². The minimum Gasteiger partial charge on any atom is -0.381 e. The average Bonchev–Trinajstić information content (AvgIpc) is 3.53. The van der Waals surface area contributed by atoms with E-state index in [1.807, 2.05) is 37.3 Å². The minimum atomic E-state index is -0.685. The fraction of sp³-hybridized carbons (Fsp3) is 0.103. The second kappa shape index (κ2) is 10.1. The van der Waals surface area contributed by atoms with Crippen LogP contribution in [0.1, 0.15) is 45.3 Å². The third kappa shape index (κ3) is 4.36. The molecule has 0 spiro atoms. The van der Waals surface area contributed by atoms with Crippen molar-refractivity contribution in [3.8, 4) is 17.5 Å². The number of fused-ring (bicyclic) bond motifs is 2. The molecule has 1 amide bonds. The number of carbonyl (C=O) groups excluding carboxylic acids is 1. The zero-order valence-corrected chi connectivity index (χ0v) is 22.3. The van der Waals surface area contributed by atoms with Crippen molar-refractivity contribution < 1.29 is 4.79 Å². The number of aryl methyl sites for hydroxylation is 1. The van der Waals surface area contributed by atoms with Crippen molar-refractivity contribution in [2.24, 2.45) is 0 Å². The molecule has 4 heterocycles. The second-order valence-electron chi connectivity index (χ2n) is 9.00. The van der Waals surface area contributed by atoms with Gasteiger partial charge in [-0.15, -0.1) is 16.4 Å². The number of nitrogen functional groups attached to an aromatic ring is 1. The Morgan fingerprint density at radius 1 is 1.07 bits per heavy atom. The van der Waals surface area contributed by atoms with Crippen molar-refractivity contribution in [3.05, 3.63) is 110 Å². The predicted molar refractivity (Wildman–Crippen MR) is 153 cm³/mol. The largest absolute Gasteiger partial charge is 0.381 e. The second-order valence-corrected chi connectivity index (χ2v) is 10.1. The maximum atomic E-state index is 14.1. The first kappa shape index (κ1) is 25.0. The lowest BCUT2D eigenvalue weighted by atomic mass is 10.1. The summed E-state index contributed by atoms with van der Waals surface area (Å²) < 4.78 is 2.95. The highest BCUT2D eigenvalue weighted by Crippen LogP contribution is 2.22. The Hall–Kier alpha value is -5.34. The van der Waals surface area contributed by atoms with Gasteiger partial charge >= 0.3 is 0 Å². The van der Waals surface area contributed by atoms with Gasteiger partial charge in [0.1, 0.15) is 17.1 Å². The summed E-state index contributed by atoms with van der Waals surface area (Å²) in [6.45, 7) is 3.71. The first-order valence-electron chi connectivity index (χ1n) is 12.3. The van der Waals surface area contributed by atoms with Gasteiger partial charge in [-0.25, -0.2) is 19.5 Å². The number of hydrogen-bond acceptors (Lipinski definition) is 8. The summed E-state index contributed by atoms with van der Waals surface area (Å²) in [7, 11) is 0. The van der Waals surface area contributed by atoms with Gasteiger partial charge in [0.05, 0.1) is 28.1 Å². The summed E-state index contributed by atoms with van der Waals surface area (Å²) in [6.07, 6.45) is 3.22. The average molecular weight is 547 g/mol. The first-order valence-corrected chi connectivity index (χ1v) is 13.2. The van der Waals surface area contributed by atoms with Gasteiger partial charge in [-0.3, -0.25) is 14.2 Å². The molecule has 2 aromatic carbocycles. The van der Waals surface area contributed by atoms with E-state index in [1.165, 1.54) is 20.4 Å². The Bertz CT molecular complexity index is 2030. The molecule has 0 aliphatic carbocycles. The molecule has 0 radical (unpaired) electrons. The lowest BCUT2D eigenvalue weighted by molar-refractivity contribution is 0.0940. The van der Waals surface area contributed by atoms with Crippen molar-refractivity contribution >= 4 is 39.6 Å². The van der Waals surface area contributed by atoms with E-state index in [2.05, 4.69) is 32.2 Å². The summed E-state index contributed by atoms with van der Waals surface area (Å²) in [5.74, 6) is 6.11. The van der Waals surface area contributed by atoms with Crippen LogP contribution in [-0.4, -0.2) is 35.0 Å². The van der Waals surface area contributed by atoms with Crippen molar-refractivity contribution in [3.63, 3.8) is 0 Å². The number of para-hydroxylation sites is 1. The highest BCUT2D eigenvalue weighted by Gasteiger charge is 2.24. The van der Waals surface area contributed by atoms with Gasteiger partial charge < -0.3 is 11.1 Å². The molecule has 40 heavy (non-hydrogen) atoms. The zero-order chi connectivity index (χ0) is 27.8. The SMILES string of the molecule is Cc1scnc1C#Cc1cccc2nc(C(C)NC(=O)c3c(N)nn4cccnc34)n(-c3ccccc3)c(=O)c12. The maximum Gasteiger partial charge on any atom is 0.267 e. The Balaban J connectivity index is 1.48. The lowest BCUT2D eigenvalue weighted by Crippen LogP contribution is -2.33. The number of rotatable bonds is 4. The van der Waals surface area contributed by atoms with E-state index in [1.54, 1.807) is 49.1 Å². The highest BCUT2D eigenvalue weighted by molar-refractivity contribution is 7.09. The fourth-order valence-electron chi connectivity index (χ4n) is 4.48. The van der Waals surface area contributed by atoms with E-state index >= 15 is 0 Å². The first-order chi connectivity index (χ1) is 19.4. The molecule has 196 valence electrons. The molecule has 10 nitrogen and oxygen atoms in total. The van der Waals surface area contributed by atoms with Crippen molar-refractivity contribution in [1.82, 2.24) is 34.4 Å². The Labute approximate surface area is 232 Å². The molecule has 6 rings (SSSR count). The van der Waals surface area contributed by atoms with E-state index in [-0.39, 0.29) is 16.9 Å². The number of hydrogen-bond donors (Lipinski definition) is 2. The molecular weight excluding hydrogens is 524 g/mol. The van der Waals surface area contributed by atoms with Crippen LogP contribution in [0.2, 0.25) is 0 Å². The normalized spacial score (nSPS) is 11.8.